The molecule has 0 spiro atoms. The van der Waals surface area contributed by atoms with Gasteiger partial charge in [-0.25, -0.2) is 4.79 Å². The maximum Gasteiger partial charge on any atom is 0.332 e. The predicted molar refractivity (Wildman–Crippen MR) is 82.1 cm³/mol. The van der Waals surface area contributed by atoms with Crippen LogP contribution < -0.4 is 0 Å². The second kappa shape index (κ2) is 6.70. The third kappa shape index (κ3) is 3.39. The highest BCUT2D eigenvalue weighted by Gasteiger charge is 2.37. The number of carbonyl (C=O) groups is 2. The first-order valence-electron chi connectivity index (χ1n) is 8.30. The van der Waals surface area contributed by atoms with Crippen molar-refractivity contribution in [2.45, 2.75) is 51.2 Å². The molecule has 126 valence electrons. The number of aromatic nitrogens is 2. The van der Waals surface area contributed by atoms with Gasteiger partial charge in [-0.1, -0.05) is 6.92 Å². The Bertz CT molecular complexity index is 578. The smallest absolute Gasteiger partial charge is 0.332 e. The minimum atomic E-state index is -0.870. The Morgan fingerprint density at radius 2 is 2.09 bits per heavy atom. The summed E-state index contributed by atoms with van der Waals surface area (Å²) in [7, 11) is 0. The van der Waals surface area contributed by atoms with Crippen LogP contribution in [0.25, 0.3) is 0 Å². The summed E-state index contributed by atoms with van der Waals surface area (Å²) in [5, 5.41) is 16.0. The maximum atomic E-state index is 12.4. The van der Waals surface area contributed by atoms with E-state index in [-0.39, 0.29) is 12.0 Å². The topological polar surface area (TPSA) is 95.5 Å². The standard InChI is InChI=1S/C16H23N3O4/c1-2-11-9-12(18-17-11)15(20)19-7-5-10(6-8-19)13-3-4-14(23-13)16(21)22/h9-10,13-14H,2-8H2,1H3,(H,17,18)(H,21,22)/t13-,14+/m0/s1. The number of likely N-dealkylation sites (tertiary alicyclic amines) is 1. The number of hydrogen-bond acceptors (Lipinski definition) is 4. The molecule has 0 radical (unpaired) electrons. The number of carboxylic acids is 1. The van der Waals surface area contributed by atoms with E-state index in [1.54, 1.807) is 0 Å². The summed E-state index contributed by atoms with van der Waals surface area (Å²) in [5.41, 5.74) is 1.44. The van der Waals surface area contributed by atoms with Gasteiger partial charge in [0.25, 0.3) is 5.91 Å². The molecule has 7 nitrogen and oxygen atoms in total. The van der Waals surface area contributed by atoms with Gasteiger partial charge in [-0.05, 0) is 44.1 Å². The number of nitrogens with one attached hydrogen (secondary N) is 1. The van der Waals surface area contributed by atoms with Gasteiger partial charge in [-0.3, -0.25) is 9.89 Å². The molecule has 2 saturated heterocycles. The van der Waals surface area contributed by atoms with Gasteiger partial charge in [0, 0.05) is 18.8 Å². The zero-order valence-corrected chi connectivity index (χ0v) is 13.3. The first-order chi connectivity index (χ1) is 11.1. The highest BCUT2D eigenvalue weighted by molar-refractivity contribution is 5.92. The molecule has 2 atom stereocenters. The van der Waals surface area contributed by atoms with Crippen LogP contribution in [0.3, 0.4) is 0 Å². The SMILES string of the molecule is CCc1cc(C(=O)N2CCC([C@@H]3CC[C@H](C(=O)O)O3)CC2)n[nH]1. The highest BCUT2D eigenvalue weighted by atomic mass is 16.5. The predicted octanol–water partition coefficient (Wildman–Crippen LogP) is 1.46. The lowest BCUT2D eigenvalue weighted by molar-refractivity contribution is -0.150. The summed E-state index contributed by atoms with van der Waals surface area (Å²) in [6, 6.07) is 1.81. The maximum absolute atomic E-state index is 12.4. The van der Waals surface area contributed by atoms with Crippen LogP contribution in [-0.2, 0) is 16.0 Å². The third-order valence-corrected chi connectivity index (χ3v) is 4.91. The van der Waals surface area contributed by atoms with Gasteiger partial charge < -0.3 is 14.7 Å². The van der Waals surface area contributed by atoms with Crippen molar-refractivity contribution in [1.82, 2.24) is 15.1 Å². The first kappa shape index (κ1) is 16.0. The zero-order chi connectivity index (χ0) is 16.4. The number of H-pyrrole nitrogens is 1. The molecule has 0 aliphatic carbocycles. The molecule has 2 aliphatic rings. The molecule has 0 saturated carbocycles. The molecule has 2 N–H and O–H groups in total. The molecule has 2 fully saturated rings. The highest BCUT2D eigenvalue weighted by Crippen LogP contribution is 2.32. The number of rotatable bonds is 4. The fourth-order valence-corrected chi connectivity index (χ4v) is 3.48. The molecule has 0 aromatic carbocycles. The molecule has 2 aliphatic heterocycles. The lowest BCUT2D eigenvalue weighted by Gasteiger charge is -2.34. The van der Waals surface area contributed by atoms with Crippen molar-refractivity contribution < 1.29 is 19.4 Å². The van der Waals surface area contributed by atoms with Crippen molar-refractivity contribution in [2.24, 2.45) is 5.92 Å². The first-order valence-corrected chi connectivity index (χ1v) is 8.30. The molecule has 23 heavy (non-hydrogen) atoms. The van der Waals surface area contributed by atoms with Crippen molar-refractivity contribution in [2.75, 3.05) is 13.1 Å². The monoisotopic (exact) mass is 321 g/mol. The van der Waals surface area contributed by atoms with E-state index in [9.17, 15) is 9.59 Å². The van der Waals surface area contributed by atoms with E-state index in [1.165, 1.54) is 0 Å². The van der Waals surface area contributed by atoms with Gasteiger partial charge in [0.05, 0.1) is 6.10 Å². The summed E-state index contributed by atoms with van der Waals surface area (Å²) < 4.78 is 5.64. The van der Waals surface area contributed by atoms with Crippen LogP contribution >= 0.6 is 0 Å². The van der Waals surface area contributed by atoms with E-state index in [2.05, 4.69) is 10.2 Å². The van der Waals surface area contributed by atoms with Crippen molar-refractivity contribution in [3.63, 3.8) is 0 Å². The van der Waals surface area contributed by atoms with Crippen molar-refractivity contribution >= 4 is 11.9 Å². The quantitative estimate of drug-likeness (QED) is 0.875. The van der Waals surface area contributed by atoms with E-state index in [4.69, 9.17) is 9.84 Å². The fourth-order valence-electron chi connectivity index (χ4n) is 3.48. The molecule has 1 aromatic rings. The third-order valence-electron chi connectivity index (χ3n) is 4.91. The van der Waals surface area contributed by atoms with Crippen LogP contribution in [0, 0.1) is 5.92 Å². The summed E-state index contributed by atoms with van der Waals surface area (Å²) in [5.74, 6) is -0.561. The van der Waals surface area contributed by atoms with Gasteiger partial charge in [-0.15, -0.1) is 0 Å². The number of aliphatic carboxylic acids is 1. The molecule has 0 bridgehead atoms. The van der Waals surface area contributed by atoms with Gasteiger partial charge in [0.15, 0.2) is 6.10 Å². The molecule has 1 aromatic heterocycles. The number of aryl methyl sites for hydroxylation is 1. The Labute approximate surface area is 135 Å². The minimum absolute atomic E-state index is 0.0189. The number of carbonyl (C=O) groups excluding carboxylic acids is 1. The number of aromatic amines is 1. The van der Waals surface area contributed by atoms with Crippen LogP contribution in [0.4, 0.5) is 0 Å². The van der Waals surface area contributed by atoms with Crippen LogP contribution in [0.2, 0.25) is 0 Å². The molecule has 3 rings (SSSR count). The van der Waals surface area contributed by atoms with Crippen LogP contribution in [-0.4, -0.2) is 57.4 Å². The van der Waals surface area contributed by atoms with E-state index in [0.29, 0.717) is 31.1 Å². The Morgan fingerprint density at radius 3 is 2.65 bits per heavy atom. The van der Waals surface area contributed by atoms with Crippen LogP contribution in [0.1, 0.15) is 48.8 Å². The van der Waals surface area contributed by atoms with Crippen molar-refractivity contribution in [3.05, 3.63) is 17.5 Å². The summed E-state index contributed by atoms with van der Waals surface area (Å²) in [6.45, 7) is 3.37. The normalized spacial score (nSPS) is 25.7. The summed E-state index contributed by atoms with van der Waals surface area (Å²) >= 11 is 0. The van der Waals surface area contributed by atoms with Gasteiger partial charge >= 0.3 is 5.97 Å². The summed E-state index contributed by atoms with van der Waals surface area (Å²) in [6.07, 6.45) is 3.29. The molecule has 1 amide bonds. The summed E-state index contributed by atoms with van der Waals surface area (Å²) in [4.78, 5) is 25.2. The average Bonchev–Trinajstić information content (AvgIpc) is 3.23. The van der Waals surface area contributed by atoms with Crippen LogP contribution in [0.5, 0.6) is 0 Å². The zero-order valence-electron chi connectivity index (χ0n) is 13.3. The van der Waals surface area contributed by atoms with Crippen molar-refractivity contribution in [3.8, 4) is 0 Å². The Balaban J connectivity index is 1.52. The number of amides is 1. The van der Waals surface area contributed by atoms with Crippen molar-refractivity contribution in [1.29, 1.82) is 0 Å². The lowest BCUT2D eigenvalue weighted by Crippen LogP contribution is -2.41. The number of nitrogens with zero attached hydrogens (tertiary/aromatic N) is 2. The number of ether oxygens (including phenoxy) is 1. The number of piperidine rings is 1. The largest absolute Gasteiger partial charge is 0.479 e. The number of hydrogen-bond donors (Lipinski definition) is 2. The molecule has 7 heteroatoms. The van der Waals surface area contributed by atoms with Gasteiger partial charge in [0.2, 0.25) is 0 Å². The number of carboxylic acid groups (broad SMARTS) is 1. The van der Waals surface area contributed by atoms with E-state index in [1.807, 2.05) is 17.9 Å². The van der Waals surface area contributed by atoms with Crippen LogP contribution in [0.15, 0.2) is 6.07 Å². The van der Waals surface area contributed by atoms with E-state index in [0.717, 1.165) is 31.4 Å². The van der Waals surface area contributed by atoms with E-state index >= 15 is 0 Å². The second-order valence-corrected chi connectivity index (χ2v) is 6.34. The van der Waals surface area contributed by atoms with E-state index < -0.39 is 12.1 Å². The second-order valence-electron chi connectivity index (χ2n) is 6.34. The fraction of sp³-hybridized carbons (Fsp3) is 0.688. The molecular weight excluding hydrogens is 298 g/mol. The minimum Gasteiger partial charge on any atom is -0.479 e. The molecular formula is C16H23N3O4. The lowest BCUT2D eigenvalue weighted by atomic mass is 9.89. The van der Waals surface area contributed by atoms with Gasteiger partial charge in [-0.2, -0.15) is 5.10 Å². The molecule has 0 unspecified atom stereocenters. The average molecular weight is 321 g/mol. The Hall–Kier alpha value is -1.89. The Morgan fingerprint density at radius 1 is 1.35 bits per heavy atom. The molecule has 3 heterocycles. The Kier molecular flexibility index (Phi) is 4.66. The van der Waals surface area contributed by atoms with Gasteiger partial charge in [0.1, 0.15) is 5.69 Å².